The molecule has 0 unspecified atom stereocenters. The zero-order valence-corrected chi connectivity index (χ0v) is 21.1. The minimum Gasteiger partial charge on any atom is -0.354 e. The molecular weight excluding hydrogens is 480 g/mol. The summed E-state index contributed by atoms with van der Waals surface area (Å²) in [5.41, 5.74) is 3.54. The highest BCUT2D eigenvalue weighted by molar-refractivity contribution is 7.92. The van der Waals surface area contributed by atoms with Crippen molar-refractivity contribution in [1.29, 1.82) is 0 Å². The normalized spacial score (nSPS) is 15.2. The van der Waals surface area contributed by atoms with Crippen LogP contribution in [0, 0.1) is 13.8 Å². The van der Waals surface area contributed by atoms with Crippen LogP contribution in [-0.2, 0) is 14.6 Å². The number of rotatable bonds is 7. The zero-order valence-electron chi connectivity index (χ0n) is 18.7. The van der Waals surface area contributed by atoms with Gasteiger partial charge in [0.05, 0.1) is 15.1 Å². The molecule has 176 valence electrons. The third-order valence-corrected chi connectivity index (χ3v) is 8.65. The van der Waals surface area contributed by atoms with Gasteiger partial charge in [-0.3, -0.25) is 9.69 Å². The maximum atomic E-state index is 12.4. The van der Waals surface area contributed by atoms with E-state index in [2.05, 4.69) is 41.1 Å². The molecule has 7 nitrogen and oxygen atoms in total. The van der Waals surface area contributed by atoms with Gasteiger partial charge in [0.1, 0.15) is 5.75 Å². The van der Waals surface area contributed by atoms with Gasteiger partial charge in [0.25, 0.3) is 0 Å². The number of thiazole rings is 1. The summed E-state index contributed by atoms with van der Waals surface area (Å²) in [7, 11) is -3.68. The van der Waals surface area contributed by atoms with Gasteiger partial charge in [-0.1, -0.05) is 29.0 Å². The molecule has 1 aromatic heterocycles. The van der Waals surface area contributed by atoms with Crippen molar-refractivity contribution >= 4 is 54.0 Å². The number of halogens is 1. The molecule has 1 saturated heterocycles. The molecule has 4 rings (SSSR count). The number of hydrogen-bond donors (Lipinski definition) is 1. The van der Waals surface area contributed by atoms with Crippen LogP contribution in [0.1, 0.15) is 11.1 Å². The Morgan fingerprint density at radius 2 is 1.82 bits per heavy atom. The molecule has 1 amide bonds. The summed E-state index contributed by atoms with van der Waals surface area (Å²) in [5.74, 6) is -1.07. The number of piperazine rings is 1. The van der Waals surface area contributed by atoms with Crippen LogP contribution >= 0.6 is 22.9 Å². The van der Waals surface area contributed by atoms with Crippen LogP contribution in [0.5, 0.6) is 0 Å². The van der Waals surface area contributed by atoms with E-state index in [4.69, 9.17) is 16.6 Å². The van der Waals surface area contributed by atoms with Gasteiger partial charge in [-0.15, -0.1) is 0 Å². The second-order valence-corrected chi connectivity index (χ2v) is 11.8. The number of fused-ring (bicyclic) bond motifs is 1. The summed E-state index contributed by atoms with van der Waals surface area (Å²) >= 11 is 7.53. The van der Waals surface area contributed by atoms with Crippen LogP contribution in [0.2, 0.25) is 5.02 Å². The predicted octanol–water partition coefficient (Wildman–Crippen LogP) is 3.28. The van der Waals surface area contributed by atoms with Crippen molar-refractivity contribution in [2.45, 2.75) is 18.7 Å². The first-order valence-corrected chi connectivity index (χ1v) is 13.7. The van der Waals surface area contributed by atoms with Crippen LogP contribution in [0.4, 0.5) is 5.13 Å². The van der Waals surface area contributed by atoms with Gasteiger partial charge in [0.2, 0.25) is 5.91 Å². The predicted molar refractivity (Wildman–Crippen MR) is 134 cm³/mol. The smallest absolute Gasteiger partial charge is 0.235 e. The summed E-state index contributed by atoms with van der Waals surface area (Å²) in [6.07, 6.45) is 0. The highest BCUT2D eigenvalue weighted by atomic mass is 35.5. The van der Waals surface area contributed by atoms with Gasteiger partial charge in [-0.2, -0.15) is 0 Å². The van der Waals surface area contributed by atoms with Gasteiger partial charge in [0, 0.05) is 44.3 Å². The Bertz CT molecular complexity index is 1250. The van der Waals surface area contributed by atoms with Crippen LogP contribution in [0.3, 0.4) is 0 Å². The van der Waals surface area contributed by atoms with E-state index in [1.54, 1.807) is 11.3 Å². The Morgan fingerprint density at radius 3 is 2.52 bits per heavy atom. The fraction of sp³-hybridized carbons (Fsp3) is 0.391. The van der Waals surface area contributed by atoms with Gasteiger partial charge < -0.3 is 10.2 Å². The topological polar surface area (TPSA) is 82.6 Å². The molecule has 0 atom stereocenters. The first-order chi connectivity index (χ1) is 15.7. The maximum Gasteiger partial charge on any atom is 0.235 e. The average Bonchev–Trinajstić information content (AvgIpc) is 3.18. The second-order valence-electron chi connectivity index (χ2n) is 8.32. The van der Waals surface area contributed by atoms with E-state index in [1.807, 2.05) is 0 Å². The van der Waals surface area contributed by atoms with E-state index < -0.39 is 21.5 Å². The van der Waals surface area contributed by atoms with Gasteiger partial charge in [-0.05, 0) is 55.3 Å². The molecular formula is C23H27ClN4O3S2. The Morgan fingerprint density at radius 1 is 1.12 bits per heavy atom. The number of aromatic nitrogens is 1. The quantitative estimate of drug-likeness (QED) is 0.529. The fourth-order valence-corrected chi connectivity index (χ4v) is 6.44. The van der Waals surface area contributed by atoms with Crippen molar-refractivity contribution in [1.82, 2.24) is 15.2 Å². The SMILES string of the molecule is Cc1cc(C)c2nc(N3CCN(CCNC(=O)CS(=O)(=O)c4ccc(Cl)cc4)CC3)sc2c1. The Balaban J connectivity index is 1.23. The van der Waals surface area contributed by atoms with Gasteiger partial charge in [0.15, 0.2) is 15.0 Å². The van der Waals surface area contributed by atoms with E-state index in [-0.39, 0.29) is 4.90 Å². The Labute approximate surface area is 203 Å². The van der Waals surface area contributed by atoms with Gasteiger partial charge in [-0.25, -0.2) is 13.4 Å². The highest BCUT2D eigenvalue weighted by Crippen LogP contribution is 2.32. The number of amides is 1. The van der Waals surface area contributed by atoms with Crippen LogP contribution in [0.15, 0.2) is 41.3 Å². The standard InChI is InChI=1S/C23H27ClN4O3S2/c1-16-13-17(2)22-20(14-16)32-23(26-22)28-11-9-27(10-12-28)8-7-25-21(29)15-33(30,31)19-5-3-18(24)4-6-19/h3-6,13-14H,7-12,15H2,1-2H3,(H,25,29). The number of benzene rings is 2. The van der Waals surface area contributed by atoms with E-state index in [0.717, 1.165) is 36.8 Å². The number of aryl methyl sites for hydroxylation is 2. The fourth-order valence-electron chi connectivity index (χ4n) is 3.96. The molecule has 0 saturated carbocycles. The molecule has 2 heterocycles. The third-order valence-electron chi connectivity index (χ3n) is 5.71. The molecule has 0 radical (unpaired) electrons. The van der Waals surface area contributed by atoms with Crippen molar-refractivity contribution < 1.29 is 13.2 Å². The van der Waals surface area contributed by atoms with Crippen LogP contribution < -0.4 is 10.2 Å². The monoisotopic (exact) mass is 506 g/mol. The number of carbonyl (C=O) groups excluding carboxylic acids is 1. The Kier molecular flexibility index (Phi) is 7.23. The van der Waals surface area contributed by atoms with Crippen molar-refractivity contribution in [3.63, 3.8) is 0 Å². The molecule has 0 bridgehead atoms. The summed E-state index contributed by atoms with van der Waals surface area (Å²) in [6.45, 7) is 8.78. The van der Waals surface area contributed by atoms with E-state index in [0.29, 0.717) is 18.1 Å². The largest absolute Gasteiger partial charge is 0.354 e. The van der Waals surface area contributed by atoms with Crippen molar-refractivity contribution in [2.24, 2.45) is 0 Å². The van der Waals surface area contributed by atoms with Crippen LogP contribution in [0.25, 0.3) is 10.2 Å². The lowest BCUT2D eigenvalue weighted by molar-refractivity contribution is -0.118. The summed E-state index contributed by atoms with van der Waals surface area (Å²) in [5, 5.41) is 4.24. The number of anilines is 1. The van der Waals surface area contributed by atoms with E-state index in [9.17, 15) is 13.2 Å². The summed E-state index contributed by atoms with van der Waals surface area (Å²) in [6, 6.07) is 10.2. The molecule has 1 N–H and O–H groups in total. The lowest BCUT2D eigenvalue weighted by Gasteiger charge is -2.34. The molecule has 1 fully saturated rings. The number of carbonyl (C=O) groups is 1. The van der Waals surface area contributed by atoms with Crippen molar-refractivity contribution in [3.8, 4) is 0 Å². The summed E-state index contributed by atoms with van der Waals surface area (Å²) in [4.78, 5) is 21.7. The Hall–Kier alpha value is -2.20. The molecule has 0 aliphatic carbocycles. The van der Waals surface area contributed by atoms with Gasteiger partial charge >= 0.3 is 0 Å². The number of sulfone groups is 1. The third kappa shape index (κ3) is 5.84. The van der Waals surface area contributed by atoms with E-state index in [1.165, 1.54) is 40.1 Å². The molecule has 0 spiro atoms. The first-order valence-electron chi connectivity index (χ1n) is 10.8. The number of hydrogen-bond acceptors (Lipinski definition) is 7. The van der Waals surface area contributed by atoms with E-state index >= 15 is 0 Å². The molecule has 33 heavy (non-hydrogen) atoms. The molecule has 1 aliphatic heterocycles. The second kappa shape index (κ2) is 9.97. The minimum absolute atomic E-state index is 0.0957. The lowest BCUT2D eigenvalue weighted by atomic mass is 10.1. The highest BCUT2D eigenvalue weighted by Gasteiger charge is 2.22. The molecule has 1 aliphatic rings. The van der Waals surface area contributed by atoms with Crippen molar-refractivity contribution in [3.05, 3.63) is 52.5 Å². The molecule has 10 heteroatoms. The zero-order chi connectivity index (χ0) is 23.6. The number of nitrogens with one attached hydrogen (secondary N) is 1. The maximum absolute atomic E-state index is 12.4. The van der Waals surface area contributed by atoms with Crippen LogP contribution in [-0.4, -0.2) is 69.2 Å². The first kappa shape index (κ1) is 23.9. The summed E-state index contributed by atoms with van der Waals surface area (Å²) < 4.78 is 26.0. The number of nitrogens with zero attached hydrogens (tertiary/aromatic N) is 3. The average molecular weight is 507 g/mol. The minimum atomic E-state index is -3.68. The lowest BCUT2D eigenvalue weighted by Crippen LogP contribution is -2.48. The molecule has 2 aromatic carbocycles. The molecule has 3 aromatic rings. The van der Waals surface area contributed by atoms with Crippen molar-refractivity contribution in [2.75, 3.05) is 49.9 Å².